The van der Waals surface area contributed by atoms with Crippen LogP contribution >= 0.6 is 0 Å². The summed E-state index contributed by atoms with van der Waals surface area (Å²) in [6.45, 7) is 6.39. The topological polar surface area (TPSA) is 113 Å². The van der Waals surface area contributed by atoms with Crippen molar-refractivity contribution in [1.82, 2.24) is 9.80 Å². The lowest BCUT2D eigenvalue weighted by Crippen LogP contribution is -2.35. The molecule has 0 aliphatic carbocycles. The van der Waals surface area contributed by atoms with Gasteiger partial charge in [0.05, 0.1) is 22.6 Å². The molecule has 180 valence electrons. The Kier molecular flexibility index (Phi) is 7.36. The summed E-state index contributed by atoms with van der Waals surface area (Å²) in [6, 6.07) is 9.85. The van der Waals surface area contributed by atoms with E-state index in [4.69, 9.17) is 4.74 Å². The van der Waals surface area contributed by atoms with Crippen molar-refractivity contribution in [3.8, 4) is 5.75 Å². The molecular weight excluding hydrogens is 438 g/mol. The van der Waals surface area contributed by atoms with E-state index in [-0.39, 0.29) is 29.7 Å². The highest BCUT2D eigenvalue weighted by molar-refractivity contribution is 6.46. The number of Topliss-reactive ketones (excluding diaryl/α,β-unsaturated/α-hetero) is 1. The van der Waals surface area contributed by atoms with Crippen molar-refractivity contribution in [1.29, 1.82) is 0 Å². The predicted octanol–water partition coefficient (Wildman–Crippen LogP) is 3.67. The van der Waals surface area contributed by atoms with Crippen LogP contribution in [0.5, 0.6) is 5.75 Å². The van der Waals surface area contributed by atoms with Gasteiger partial charge in [-0.2, -0.15) is 0 Å². The summed E-state index contributed by atoms with van der Waals surface area (Å²) >= 11 is 0. The molecule has 9 heteroatoms. The molecule has 1 saturated heterocycles. The molecule has 0 aromatic heterocycles. The van der Waals surface area contributed by atoms with Gasteiger partial charge in [-0.1, -0.05) is 0 Å². The molecule has 9 nitrogen and oxygen atoms in total. The van der Waals surface area contributed by atoms with Crippen molar-refractivity contribution in [3.05, 3.63) is 74.8 Å². The molecule has 1 aliphatic heterocycles. The predicted molar refractivity (Wildman–Crippen MR) is 128 cm³/mol. The van der Waals surface area contributed by atoms with Crippen LogP contribution in [0.2, 0.25) is 0 Å². The van der Waals surface area contributed by atoms with E-state index < -0.39 is 22.7 Å². The van der Waals surface area contributed by atoms with E-state index in [1.165, 1.54) is 29.2 Å². The van der Waals surface area contributed by atoms with Gasteiger partial charge < -0.3 is 19.6 Å². The number of hydrogen-bond donors (Lipinski definition) is 1. The summed E-state index contributed by atoms with van der Waals surface area (Å²) in [4.78, 5) is 39.9. The van der Waals surface area contributed by atoms with E-state index >= 15 is 0 Å². The number of likely N-dealkylation sites (N-methyl/N-ethyl adjacent to an activating group) is 1. The third-order valence-corrected chi connectivity index (χ3v) is 5.56. The molecule has 1 atom stereocenters. The molecular formula is C25H29N3O6. The second-order valence-corrected chi connectivity index (χ2v) is 8.79. The Morgan fingerprint density at radius 3 is 2.35 bits per heavy atom. The lowest BCUT2D eigenvalue weighted by molar-refractivity contribution is -0.384. The first kappa shape index (κ1) is 24.9. The summed E-state index contributed by atoms with van der Waals surface area (Å²) in [6.07, 6.45) is -0.0256. The third kappa shape index (κ3) is 5.09. The first-order chi connectivity index (χ1) is 16.0. The number of non-ortho nitro benzene ring substituents is 1. The standard InChI is InChI=1S/C25H29N3O6/c1-15(2)34-20-11-8-18(14-16(20)3)23(29)21-22(17-6-9-19(10-7-17)28(32)33)27(13-12-26(4)5)25(31)24(21)30/h6-11,14-15,22,29H,12-13H2,1-5H3/b23-21+/t22-/m0/s1. The van der Waals surface area contributed by atoms with Gasteiger partial charge in [-0.3, -0.25) is 19.7 Å². The maximum Gasteiger partial charge on any atom is 0.295 e. The fraction of sp³-hybridized carbons (Fsp3) is 0.360. The number of hydrogen-bond acceptors (Lipinski definition) is 7. The molecule has 0 spiro atoms. The smallest absolute Gasteiger partial charge is 0.295 e. The lowest BCUT2D eigenvalue weighted by Gasteiger charge is -2.26. The number of carbonyl (C=O) groups is 2. The van der Waals surface area contributed by atoms with Gasteiger partial charge in [0, 0.05) is 30.8 Å². The number of nitrogens with zero attached hydrogens (tertiary/aromatic N) is 3. The Morgan fingerprint density at radius 2 is 1.82 bits per heavy atom. The summed E-state index contributed by atoms with van der Waals surface area (Å²) in [5, 5.41) is 22.3. The van der Waals surface area contributed by atoms with Crippen LogP contribution in [0.4, 0.5) is 5.69 Å². The number of nitro groups is 1. The number of amides is 1. The quantitative estimate of drug-likeness (QED) is 0.207. The summed E-state index contributed by atoms with van der Waals surface area (Å²) < 4.78 is 5.75. The molecule has 1 amide bonds. The average Bonchev–Trinajstić information content (AvgIpc) is 3.03. The highest BCUT2D eigenvalue weighted by Crippen LogP contribution is 2.40. The van der Waals surface area contributed by atoms with Crippen LogP contribution < -0.4 is 4.74 Å². The number of likely N-dealkylation sites (tertiary alicyclic amines) is 1. The molecule has 0 radical (unpaired) electrons. The number of ether oxygens (including phenoxy) is 1. The fourth-order valence-corrected chi connectivity index (χ4v) is 3.88. The van der Waals surface area contributed by atoms with Crippen molar-refractivity contribution < 1.29 is 24.4 Å². The molecule has 1 heterocycles. The minimum atomic E-state index is -0.868. The number of aliphatic hydroxyl groups excluding tert-OH is 1. The highest BCUT2D eigenvalue weighted by Gasteiger charge is 2.46. The number of nitro benzene ring substituents is 1. The van der Waals surface area contributed by atoms with Gasteiger partial charge in [0.25, 0.3) is 17.4 Å². The van der Waals surface area contributed by atoms with Crippen LogP contribution in [0.15, 0.2) is 48.0 Å². The Balaban J connectivity index is 2.12. The maximum atomic E-state index is 13.1. The van der Waals surface area contributed by atoms with E-state index in [2.05, 4.69) is 0 Å². The minimum Gasteiger partial charge on any atom is -0.507 e. The molecule has 0 unspecified atom stereocenters. The monoisotopic (exact) mass is 467 g/mol. The minimum absolute atomic E-state index is 0.0256. The van der Waals surface area contributed by atoms with Gasteiger partial charge in [0.1, 0.15) is 11.5 Å². The molecule has 34 heavy (non-hydrogen) atoms. The molecule has 3 rings (SSSR count). The Hall–Kier alpha value is -3.72. The van der Waals surface area contributed by atoms with Crippen molar-refractivity contribution in [2.45, 2.75) is 32.9 Å². The van der Waals surface area contributed by atoms with Gasteiger partial charge in [-0.05, 0) is 76.3 Å². The Labute approximate surface area is 198 Å². The van der Waals surface area contributed by atoms with Gasteiger partial charge in [0.2, 0.25) is 0 Å². The highest BCUT2D eigenvalue weighted by atomic mass is 16.6. The first-order valence-corrected chi connectivity index (χ1v) is 11.0. The van der Waals surface area contributed by atoms with Crippen molar-refractivity contribution in [2.75, 3.05) is 27.2 Å². The van der Waals surface area contributed by atoms with E-state index in [0.29, 0.717) is 23.4 Å². The van der Waals surface area contributed by atoms with Crippen molar-refractivity contribution in [2.24, 2.45) is 0 Å². The summed E-state index contributed by atoms with van der Waals surface area (Å²) in [5.74, 6) is -1.15. The maximum absolute atomic E-state index is 13.1. The first-order valence-electron chi connectivity index (χ1n) is 11.0. The second-order valence-electron chi connectivity index (χ2n) is 8.79. The molecule has 2 aromatic rings. The zero-order valence-electron chi connectivity index (χ0n) is 19.9. The fourth-order valence-electron chi connectivity index (χ4n) is 3.88. The zero-order chi connectivity index (χ0) is 25.2. The molecule has 0 bridgehead atoms. The normalized spacial score (nSPS) is 17.6. The molecule has 1 aliphatic rings. The largest absolute Gasteiger partial charge is 0.507 e. The van der Waals surface area contributed by atoms with Crippen LogP contribution in [0.25, 0.3) is 5.76 Å². The van der Waals surface area contributed by atoms with Gasteiger partial charge in [0.15, 0.2) is 0 Å². The van der Waals surface area contributed by atoms with Crippen LogP contribution in [0, 0.1) is 17.0 Å². The van der Waals surface area contributed by atoms with Crippen LogP contribution in [0.1, 0.15) is 36.6 Å². The van der Waals surface area contributed by atoms with Crippen LogP contribution in [0.3, 0.4) is 0 Å². The van der Waals surface area contributed by atoms with E-state index in [1.807, 2.05) is 39.8 Å². The van der Waals surface area contributed by atoms with Gasteiger partial charge >= 0.3 is 0 Å². The number of rotatable bonds is 8. The number of aryl methyl sites for hydroxylation is 1. The van der Waals surface area contributed by atoms with Crippen molar-refractivity contribution >= 4 is 23.1 Å². The summed E-state index contributed by atoms with van der Waals surface area (Å²) in [5.41, 5.74) is 1.50. The SMILES string of the molecule is Cc1cc(/C(O)=C2\C(=O)C(=O)N(CCN(C)C)[C@H]2c2ccc([N+](=O)[O-])cc2)ccc1OC(C)C. The summed E-state index contributed by atoms with van der Waals surface area (Å²) in [7, 11) is 3.70. The molecule has 0 saturated carbocycles. The zero-order valence-corrected chi connectivity index (χ0v) is 19.9. The number of aliphatic hydroxyl groups is 1. The average molecular weight is 468 g/mol. The number of carbonyl (C=O) groups excluding carboxylic acids is 2. The second kappa shape index (κ2) is 10.0. The molecule has 1 N–H and O–H groups in total. The van der Waals surface area contributed by atoms with E-state index in [0.717, 1.165) is 5.56 Å². The number of ketones is 1. The third-order valence-electron chi connectivity index (χ3n) is 5.56. The van der Waals surface area contributed by atoms with Crippen molar-refractivity contribution in [3.63, 3.8) is 0 Å². The van der Waals surface area contributed by atoms with Crippen LogP contribution in [-0.4, -0.2) is 64.8 Å². The molecule has 1 fully saturated rings. The van der Waals surface area contributed by atoms with Crippen LogP contribution in [-0.2, 0) is 9.59 Å². The van der Waals surface area contributed by atoms with Gasteiger partial charge in [-0.25, -0.2) is 0 Å². The Bertz CT molecular complexity index is 1140. The van der Waals surface area contributed by atoms with E-state index in [1.54, 1.807) is 18.2 Å². The number of benzene rings is 2. The van der Waals surface area contributed by atoms with Gasteiger partial charge in [-0.15, -0.1) is 0 Å². The molecule has 2 aromatic carbocycles. The Morgan fingerprint density at radius 1 is 1.18 bits per heavy atom. The lowest BCUT2D eigenvalue weighted by atomic mass is 9.94. The van der Waals surface area contributed by atoms with E-state index in [9.17, 15) is 24.8 Å².